The summed E-state index contributed by atoms with van der Waals surface area (Å²) in [4.78, 5) is 22.1. The van der Waals surface area contributed by atoms with Gasteiger partial charge >= 0.3 is 5.97 Å². The zero-order valence-corrected chi connectivity index (χ0v) is 10.7. The molecule has 2 N–H and O–H groups in total. The van der Waals surface area contributed by atoms with Crippen molar-refractivity contribution in [1.82, 2.24) is 0 Å². The van der Waals surface area contributed by atoms with Crippen LogP contribution in [0.4, 0.5) is 5.69 Å². The fourth-order valence-corrected chi connectivity index (χ4v) is 1.32. The summed E-state index contributed by atoms with van der Waals surface area (Å²) < 4.78 is 0. The van der Waals surface area contributed by atoms with Crippen LogP contribution in [0.3, 0.4) is 0 Å². The molecule has 96 valence electrons. The maximum absolute atomic E-state index is 11.6. The second-order valence-electron chi connectivity index (χ2n) is 4.39. The summed E-state index contributed by atoms with van der Waals surface area (Å²) >= 11 is 0. The lowest BCUT2D eigenvalue weighted by Crippen LogP contribution is -2.18. The molecule has 4 nitrogen and oxygen atoms in total. The molecule has 0 bridgehead atoms. The fraction of sp³-hybridized carbons (Fsp3) is 0.286. The highest BCUT2D eigenvalue weighted by atomic mass is 16.4. The van der Waals surface area contributed by atoms with Gasteiger partial charge < -0.3 is 10.4 Å². The van der Waals surface area contributed by atoms with Gasteiger partial charge in [0.05, 0.1) is 0 Å². The van der Waals surface area contributed by atoms with Crippen LogP contribution in [0.25, 0.3) is 6.08 Å². The standard InChI is InChI=1S/C14H17NO3/c1-9(2)14(18)15-12-8-11(5-4-10(12)3)6-7-13(16)17/h4-9H,1-3H3,(H,15,18)(H,16,17)/b7-6+. The third-order valence-corrected chi connectivity index (χ3v) is 2.46. The molecular weight excluding hydrogens is 230 g/mol. The molecule has 1 aromatic rings. The zero-order chi connectivity index (χ0) is 13.7. The van der Waals surface area contributed by atoms with Gasteiger partial charge in [-0.05, 0) is 30.2 Å². The number of hydrogen-bond donors (Lipinski definition) is 2. The molecule has 0 saturated heterocycles. The topological polar surface area (TPSA) is 66.4 Å². The zero-order valence-electron chi connectivity index (χ0n) is 10.7. The Morgan fingerprint density at radius 1 is 1.33 bits per heavy atom. The van der Waals surface area contributed by atoms with E-state index in [2.05, 4.69) is 5.32 Å². The van der Waals surface area contributed by atoms with Crippen molar-refractivity contribution in [2.75, 3.05) is 5.32 Å². The quantitative estimate of drug-likeness (QED) is 0.804. The number of carbonyl (C=O) groups is 2. The van der Waals surface area contributed by atoms with Crippen molar-refractivity contribution in [3.63, 3.8) is 0 Å². The molecule has 0 fully saturated rings. The van der Waals surface area contributed by atoms with Crippen molar-refractivity contribution in [2.24, 2.45) is 5.92 Å². The number of nitrogens with one attached hydrogen (secondary N) is 1. The Labute approximate surface area is 106 Å². The van der Waals surface area contributed by atoms with Crippen LogP contribution in [0.2, 0.25) is 0 Å². The molecule has 0 aromatic heterocycles. The summed E-state index contributed by atoms with van der Waals surface area (Å²) in [5, 5.41) is 11.4. The number of hydrogen-bond acceptors (Lipinski definition) is 2. The van der Waals surface area contributed by atoms with Gasteiger partial charge in [0.15, 0.2) is 0 Å². The van der Waals surface area contributed by atoms with E-state index in [1.807, 2.05) is 26.8 Å². The second-order valence-corrected chi connectivity index (χ2v) is 4.39. The number of aryl methyl sites for hydroxylation is 1. The molecule has 1 rings (SSSR count). The third-order valence-electron chi connectivity index (χ3n) is 2.46. The predicted octanol–water partition coefficient (Wildman–Crippen LogP) is 2.69. The molecule has 0 heterocycles. The van der Waals surface area contributed by atoms with Crippen LogP contribution in [0, 0.1) is 12.8 Å². The normalized spacial score (nSPS) is 10.9. The number of carboxylic acid groups (broad SMARTS) is 1. The minimum Gasteiger partial charge on any atom is -0.478 e. The molecule has 0 atom stereocenters. The molecule has 1 aromatic carbocycles. The summed E-state index contributed by atoms with van der Waals surface area (Å²) in [6.45, 7) is 5.53. The predicted molar refractivity (Wildman–Crippen MR) is 71.3 cm³/mol. The van der Waals surface area contributed by atoms with Crippen molar-refractivity contribution >= 4 is 23.6 Å². The number of carbonyl (C=O) groups excluding carboxylic acids is 1. The van der Waals surface area contributed by atoms with Crippen LogP contribution in [0.1, 0.15) is 25.0 Å². The van der Waals surface area contributed by atoms with Gasteiger partial charge in [0.1, 0.15) is 0 Å². The summed E-state index contributed by atoms with van der Waals surface area (Å²) in [6.07, 6.45) is 2.56. The van der Waals surface area contributed by atoms with E-state index in [0.717, 1.165) is 17.2 Å². The number of anilines is 1. The van der Waals surface area contributed by atoms with Crippen LogP contribution in [-0.2, 0) is 9.59 Å². The SMILES string of the molecule is Cc1ccc(/C=C/C(=O)O)cc1NC(=O)C(C)C. The maximum Gasteiger partial charge on any atom is 0.328 e. The first-order valence-corrected chi connectivity index (χ1v) is 5.72. The Balaban J connectivity index is 2.94. The van der Waals surface area contributed by atoms with Gasteiger partial charge in [-0.2, -0.15) is 0 Å². The Morgan fingerprint density at radius 2 is 2.00 bits per heavy atom. The number of rotatable bonds is 4. The van der Waals surface area contributed by atoms with Gasteiger partial charge in [-0.15, -0.1) is 0 Å². The highest BCUT2D eigenvalue weighted by Crippen LogP contribution is 2.18. The summed E-state index contributed by atoms with van der Waals surface area (Å²) in [7, 11) is 0. The molecule has 0 radical (unpaired) electrons. The van der Waals surface area contributed by atoms with Crippen LogP contribution in [-0.4, -0.2) is 17.0 Å². The van der Waals surface area contributed by atoms with Gasteiger partial charge in [-0.1, -0.05) is 26.0 Å². The molecule has 0 aliphatic heterocycles. The molecule has 4 heteroatoms. The van der Waals surface area contributed by atoms with Gasteiger partial charge in [-0.3, -0.25) is 4.79 Å². The van der Waals surface area contributed by atoms with E-state index in [9.17, 15) is 9.59 Å². The lowest BCUT2D eigenvalue weighted by atomic mass is 10.1. The Kier molecular flexibility index (Phi) is 4.66. The molecule has 0 aliphatic carbocycles. The summed E-state index contributed by atoms with van der Waals surface area (Å²) in [5.41, 5.74) is 2.39. The van der Waals surface area contributed by atoms with E-state index in [1.165, 1.54) is 6.08 Å². The largest absolute Gasteiger partial charge is 0.478 e. The molecule has 1 amide bonds. The average molecular weight is 247 g/mol. The first-order chi connectivity index (χ1) is 8.40. The molecule has 0 unspecified atom stereocenters. The minimum atomic E-state index is -0.997. The Bertz CT molecular complexity index is 490. The minimum absolute atomic E-state index is 0.0579. The third kappa shape index (κ3) is 4.05. The monoisotopic (exact) mass is 247 g/mol. The van der Waals surface area contributed by atoms with E-state index in [1.54, 1.807) is 12.1 Å². The van der Waals surface area contributed by atoms with Crippen LogP contribution < -0.4 is 5.32 Å². The van der Waals surface area contributed by atoms with E-state index in [0.29, 0.717) is 5.69 Å². The Hall–Kier alpha value is -2.10. The molecule has 18 heavy (non-hydrogen) atoms. The fourth-order valence-electron chi connectivity index (χ4n) is 1.32. The number of aliphatic carboxylic acids is 1. The lowest BCUT2D eigenvalue weighted by Gasteiger charge is -2.11. The van der Waals surface area contributed by atoms with Crippen LogP contribution in [0.5, 0.6) is 0 Å². The highest BCUT2D eigenvalue weighted by Gasteiger charge is 2.08. The molecule has 0 aliphatic rings. The van der Waals surface area contributed by atoms with E-state index < -0.39 is 5.97 Å². The van der Waals surface area contributed by atoms with Crippen LogP contribution in [0.15, 0.2) is 24.3 Å². The number of amides is 1. The summed E-state index contributed by atoms with van der Waals surface area (Å²) in [6, 6.07) is 5.41. The van der Waals surface area contributed by atoms with Crippen molar-refractivity contribution in [3.05, 3.63) is 35.4 Å². The van der Waals surface area contributed by atoms with E-state index >= 15 is 0 Å². The molecular formula is C14H17NO3. The maximum atomic E-state index is 11.6. The smallest absolute Gasteiger partial charge is 0.328 e. The van der Waals surface area contributed by atoms with E-state index in [4.69, 9.17) is 5.11 Å². The first kappa shape index (κ1) is 14.0. The number of carboxylic acids is 1. The second kappa shape index (κ2) is 6.00. The molecule has 0 saturated carbocycles. The number of benzene rings is 1. The molecule has 0 spiro atoms. The van der Waals surface area contributed by atoms with Crippen molar-refractivity contribution in [1.29, 1.82) is 0 Å². The van der Waals surface area contributed by atoms with Gasteiger partial charge in [-0.25, -0.2) is 4.79 Å². The Morgan fingerprint density at radius 3 is 2.56 bits per heavy atom. The van der Waals surface area contributed by atoms with Gasteiger partial charge in [0.2, 0.25) is 5.91 Å². The average Bonchev–Trinajstić information content (AvgIpc) is 2.29. The van der Waals surface area contributed by atoms with Gasteiger partial charge in [0, 0.05) is 17.7 Å². The van der Waals surface area contributed by atoms with Gasteiger partial charge in [0.25, 0.3) is 0 Å². The lowest BCUT2D eigenvalue weighted by molar-refractivity contribution is -0.131. The summed E-state index contributed by atoms with van der Waals surface area (Å²) in [5.74, 6) is -1.15. The van der Waals surface area contributed by atoms with Crippen molar-refractivity contribution < 1.29 is 14.7 Å². The highest BCUT2D eigenvalue weighted by molar-refractivity contribution is 5.93. The van der Waals surface area contributed by atoms with Crippen molar-refractivity contribution in [2.45, 2.75) is 20.8 Å². The van der Waals surface area contributed by atoms with Crippen LogP contribution >= 0.6 is 0 Å². The van der Waals surface area contributed by atoms with E-state index in [-0.39, 0.29) is 11.8 Å². The first-order valence-electron chi connectivity index (χ1n) is 5.72. The van der Waals surface area contributed by atoms with Crippen molar-refractivity contribution in [3.8, 4) is 0 Å².